The molecule has 0 atom stereocenters. The highest BCUT2D eigenvalue weighted by Crippen LogP contribution is 2.27. The van der Waals surface area contributed by atoms with Gasteiger partial charge in [-0.15, -0.1) is 0 Å². The number of hydrogen-bond acceptors (Lipinski definition) is 2. The zero-order valence-corrected chi connectivity index (χ0v) is 9.09. The molecule has 1 aromatic rings. The van der Waals surface area contributed by atoms with Crippen LogP contribution in [0.4, 0.5) is 0 Å². The van der Waals surface area contributed by atoms with Gasteiger partial charge in [0.05, 0.1) is 18.6 Å². The van der Waals surface area contributed by atoms with Crippen molar-refractivity contribution >= 4 is 0 Å². The van der Waals surface area contributed by atoms with E-state index < -0.39 is 5.41 Å². The van der Waals surface area contributed by atoms with Gasteiger partial charge in [-0.3, -0.25) is 0 Å². The summed E-state index contributed by atoms with van der Waals surface area (Å²) in [7, 11) is 1.64. The third kappa shape index (κ3) is 1.88. The lowest BCUT2D eigenvalue weighted by atomic mass is 9.83. The molecule has 0 saturated carbocycles. The van der Waals surface area contributed by atoms with Crippen LogP contribution in [0, 0.1) is 18.3 Å². The van der Waals surface area contributed by atoms with E-state index in [1.165, 1.54) is 0 Å². The molecule has 0 radical (unpaired) electrons. The molecule has 0 aliphatic carbocycles. The Balaban J connectivity index is 3.20. The fourth-order valence-electron chi connectivity index (χ4n) is 1.52. The van der Waals surface area contributed by atoms with Crippen molar-refractivity contribution in [2.75, 3.05) is 7.11 Å². The van der Waals surface area contributed by atoms with Crippen molar-refractivity contribution in [2.24, 2.45) is 0 Å². The smallest absolute Gasteiger partial charge is 0.119 e. The minimum Gasteiger partial charge on any atom is -0.497 e. The number of hydrogen-bond donors (Lipinski definition) is 0. The number of nitrogens with zero attached hydrogens (tertiary/aromatic N) is 1. The molecule has 0 amide bonds. The number of nitriles is 1. The molecule has 0 heterocycles. The molecular formula is C12H15NO. The van der Waals surface area contributed by atoms with Crippen molar-refractivity contribution in [3.8, 4) is 11.8 Å². The van der Waals surface area contributed by atoms with Gasteiger partial charge in [0.2, 0.25) is 0 Å². The Labute approximate surface area is 85.1 Å². The molecule has 0 unspecified atom stereocenters. The molecule has 0 spiro atoms. The van der Waals surface area contributed by atoms with Gasteiger partial charge in [0.15, 0.2) is 0 Å². The van der Waals surface area contributed by atoms with Crippen LogP contribution in [-0.2, 0) is 5.41 Å². The van der Waals surface area contributed by atoms with Crippen LogP contribution in [0.15, 0.2) is 18.2 Å². The van der Waals surface area contributed by atoms with E-state index in [1.807, 2.05) is 39.0 Å². The van der Waals surface area contributed by atoms with Crippen molar-refractivity contribution in [2.45, 2.75) is 26.2 Å². The highest BCUT2D eigenvalue weighted by atomic mass is 16.5. The summed E-state index contributed by atoms with van der Waals surface area (Å²) >= 11 is 0. The third-order valence-corrected chi connectivity index (χ3v) is 2.39. The number of aryl methyl sites for hydroxylation is 1. The van der Waals surface area contributed by atoms with Gasteiger partial charge in [-0.05, 0) is 44.0 Å². The molecule has 14 heavy (non-hydrogen) atoms. The Morgan fingerprint density at radius 3 is 2.43 bits per heavy atom. The van der Waals surface area contributed by atoms with Crippen LogP contribution in [0.5, 0.6) is 5.75 Å². The predicted molar refractivity (Wildman–Crippen MR) is 56.4 cm³/mol. The summed E-state index contributed by atoms with van der Waals surface area (Å²) in [5, 5.41) is 9.02. The molecule has 2 heteroatoms. The summed E-state index contributed by atoms with van der Waals surface area (Å²) in [5.74, 6) is 0.833. The summed E-state index contributed by atoms with van der Waals surface area (Å²) in [6, 6.07) is 8.09. The van der Waals surface area contributed by atoms with Crippen LogP contribution in [-0.4, -0.2) is 7.11 Å². The zero-order chi connectivity index (χ0) is 10.8. The van der Waals surface area contributed by atoms with Gasteiger partial charge in [0.25, 0.3) is 0 Å². The van der Waals surface area contributed by atoms with Gasteiger partial charge in [0.1, 0.15) is 5.75 Å². The summed E-state index contributed by atoms with van der Waals surface area (Å²) in [6.45, 7) is 5.83. The fourth-order valence-corrected chi connectivity index (χ4v) is 1.52. The lowest BCUT2D eigenvalue weighted by Gasteiger charge is -2.18. The molecule has 0 aromatic heterocycles. The lowest BCUT2D eigenvalue weighted by Crippen LogP contribution is -2.15. The minimum atomic E-state index is -0.434. The van der Waals surface area contributed by atoms with Gasteiger partial charge in [-0.25, -0.2) is 0 Å². The highest BCUT2D eigenvalue weighted by molar-refractivity contribution is 5.41. The van der Waals surface area contributed by atoms with Crippen LogP contribution in [0.3, 0.4) is 0 Å². The molecule has 1 aromatic carbocycles. The first kappa shape index (κ1) is 10.6. The van der Waals surface area contributed by atoms with Crippen LogP contribution in [0.1, 0.15) is 25.0 Å². The number of benzene rings is 1. The first-order valence-corrected chi connectivity index (χ1v) is 4.57. The molecule has 2 nitrogen and oxygen atoms in total. The van der Waals surface area contributed by atoms with Crippen molar-refractivity contribution in [1.29, 1.82) is 5.26 Å². The largest absolute Gasteiger partial charge is 0.497 e. The van der Waals surface area contributed by atoms with Gasteiger partial charge >= 0.3 is 0 Å². The monoisotopic (exact) mass is 189 g/mol. The molecule has 0 bridgehead atoms. The normalized spacial score (nSPS) is 10.8. The van der Waals surface area contributed by atoms with Crippen LogP contribution < -0.4 is 4.74 Å². The minimum absolute atomic E-state index is 0.434. The quantitative estimate of drug-likeness (QED) is 0.716. The van der Waals surface area contributed by atoms with Crippen molar-refractivity contribution in [3.63, 3.8) is 0 Å². The maximum Gasteiger partial charge on any atom is 0.119 e. The summed E-state index contributed by atoms with van der Waals surface area (Å²) < 4.78 is 5.11. The molecule has 74 valence electrons. The molecule has 0 aliphatic rings. The number of methoxy groups -OCH3 is 1. The maximum atomic E-state index is 9.02. The third-order valence-electron chi connectivity index (χ3n) is 2.39. The summed E-state index contributed by atoms with van der Waals surface area (Å²) in [4.78, 5) is 0. The maximum absolute atomic E-state index is 9.02. The molecule has 0 N–H and O–H groups in total. The zero-order valence-electron chi connectivity index (χ0n) is 9.09. The molecular weight excluding hydrogens is 174 g/mol. The van der Waals surface area contributed by atoms with E-state index in [4.69, 9.17) is 10.00 Å². The second-order valence-corrected chi connectivity index (χ2v) is 3.92. The Morgan fingerprint density at radius 1 is 1.36 bits per heavy atom. The Kier molecular flexibility index (Phi) is 2.81. The van der Waals surface area contributed by atoms with E-state index in [-0.39, 0.29) is 0 Å². The standard InChI is InChI=1S/C12H15NO/c1-9-7-10(14-4)5-6-11(9)12(2,3)8-13/h5-7H,1-4H3. The van der Waals surface area contributed by atoms with Gasteiger partial charge < -0.3 is 4.74 Å². The van der Waals surface area contributed by atoms with E-state index >= 15 is 0 Å². The summed E-state index contributed by atoms with van der Waals surface area (Å²) in [6.07, 6.45) is 0. The Bertz CT molecular complexity index is 374. The van der Waals surface area contributed by atoms with Gasteiger partial charge in [-0.2, -0.15) is 5.26 Å². The average Bonchev–Trinajstić information content (AvgIpc) is 2.17. The van der Waals surface area contributed by atoms with Crippen molar-refractivity contribution in [1.82, 2.24) is 0 Å². The first-order chi connectivity index (χ1) is 6.51. The lowest BCUT2D eigenvalue weighted by molar-refractivity contribution is 0.414. The van der Waals surface area contributed by atoms with Crippen molar-refractivity contribution < 1.29 is 4.74 Å². The van der Waals surface area contributed by atoms with Crippen LogP contribution in [0.25, 0.3) is 0 Å². The second-order valence-electron chi connectivity index (χ2n) is 3.92. The van der Waals surface area contributed by atoms with Crippen molar-refractivity contribution in [3.05, 3.63) is 29.3 Å². The average molecular weight is 189 g/mol. The Morgan fingerprint density at radius 2 is 2.00 bits per heavy atom. The molecule has 0 saturated heterocycles. The SMILES string of the molecule is COc1ccc(C(C)(C)C#N)c(C)c1. The predicted octanol–water partition coefficient (Wildman–Crippen LogP) is 2.80. The second kappa shape index (κ2) is 3.71. The van der Waals surface area contributed by atoms with E-state index in [1.54, 1.807) is 7.11 Å². The van der Waals surface area contributed by atoms with Crippen LogP contribution >= 0.6 is 0 Å². The van der Waals surface area contributed by atoms with Gasteiger partial charge in [-0.1, -0.05) is 6.07 Å². The van der Waals surface area contributed by atoms with Gasteiger partial charge in [0, 0.05) is 0 Å². The number of rotatable bonds is 2. The summed E-state index contributed by atoms with van der Waals surface area (Å²) in [5.41, 5.74) is 1.72. The first-order valence-electron chi connectivity index (χ1n) is 4.57. The fraction of sp³-hybridized carbons (Fsp3) is 0.417. The molecule has 0 fully saturated rings. The van der Waals surface area contributed by atoms with E-state index in [2.05, 4.69) is 6.07 Å². The molecule has 0 aliphatic heterocycles. The highest BCUT2D eigenvalue weighted by Gasteiger charge is 2.21. The van der Waals surface area contributed by atoms with E-state index in [0.29, 0.717) is 0 Å². The van der Waals surface area contributed by atoms with Crippen LogP contribution in [0.2, 0.25) is 0 Å². The topological polar surface area (TPSA) is 33.0 Å². The molecule has 1 rings (SSSR count). The van der Waals surface area contributed by atoms with E-state index in [9.17, 15) is 0 Å². The van der Waals surface area contributed by atoms with E-state index in [0.717, 1.165) is 16.9 Å². The Hall–Kier alpha value is -1.49. The number of ether oxygens (including phenoxy) is 1.